The summed E-state index contributed by atoms with van der Waals surface area (Å²) in [4.78, 5) is 3.23. The molecule has 0 atom stereocenters. The van der Waals surface area contributed by atoms with E-state index in [0.717, 1.165) is 16.7 Å². The highest BCUT2D eigenvalue weighted by Gasteiger charge is 2.22. The molecule has 3 heteroatoms. The van der Waals surface area contributed by atoms with Gasteiger partial charge in [-0.1, -0.05) is 18.2 Å². The zero-order valence-corrected chi connectivity index (χ0v) is 9.73. The van der Waals surface area contributed by atoms with Crippen LogP contribution in [0.1, 0.15) is 18.4 Å². The minimum Gasteiger partial charge on any atom is -0.624 e. The molecule has 0 radical (unpaired) electrons. The van der Waals surface area contributed by atoms with E-state index in [4.69, 9.17) is 0 Å². The fourth-order valence-corrected chi connectivity index (χ4v) is 2.12. The summed E-state index contributed by atoms with van der Waals surface area (Å²) in [5, 5.41) is 12.8. The van der Waals surface area contributed by atoms with Crippen LogP contribution in [0.2, 0.25) is 0 Å². The first-order valence-electron chi connectivity index (χ1n) is 6.17. The molecule has 1 aliphatic rings. The predicted molar refractivity (Wildman–Crippen MR) is 69.3 cm³/mol. The molecule has 2 aromatic rings. The van der Waals surface area contributed by atoms with Crippen molar-refractivity contribution < 1.29 is 4.74 Å². The Balaban J connectivity index is 1.72. The predicted octanol–water partition coefficient (Wildman–Crippen LogP) is 2.70. The number of para-hydroxylation sites is 1. The molecule has 0 spiro atoms. The number of aromatic amines is 1. The summed E-state index contributed by atoms with van der Waals surface area (Å²) in [7, 11) is 0. The molecule has 3 rings (SSSR count). The molecule has 1 aromatic carbocycles. The van der Waals surface area contributed by atoms with Gasteiger partial charge >= 0.3 is 0 Å². The Hall–Kier alpha value is -1.77. The van der Waals surface area contributed by atoms with Crippen LogP contribution in [0.25, 0.3) is 10.9 Å². The number of hydrogen-bond donors (Lipinski definition) is 1. The lowest BCUT2D eigenvalue weighted by Gasteiger charge is -2.03. The van der Waals surface area contributed by atoms with E-state index in [0.29, 0.717) is 12.5 Å². The Morgan fingerprint density at radius 2 is 2.18 bits per heavy atom. The molecule has 1 fully saturated rings. The van der Waals surface area contributed by atoms with Crippen LogP contribution in [0.3, 0.4) is 0 Å². The third kappa shape index (κ3) is 2.33. The highest BCUT2D eigenvalue weighted by Crippen LogP contribution is 2.26. The fraction of sp³-hybridized carbons (Fsp3) is 0.357. The van der Waals surface area contributed by atoms with E-state index in [-0.39, 0.29) is 0 Å². The van der Waals surface area contributed by atoms with E-state index in [9.17, 15) is 5.21 Å². The van der Waals surface area contributed by atoms with E-state index in [1.807, 2.05) is 24.5 Å². The smallest absolute Gasteiger partial charge is 0.157 e. The Morgan fingerprint density at radius 1 is 1.35 bits per heavy atom. The van der Waals surface area contributed by atoms with Crippen LogP contribution in [-0.2, 0) is 6.42 Å². The van der Waals surface area contributed by atoms with Crippen molar-refractivity contribution >= 4 is 17.1 Å². The second-order valence-electron chi connectivity index (χ2n) is 4.74. The first-order chi connectivity index (χ1) is 8.33. The van der Waals surface area contributed by atoms with Crippen molar-refractivity contribution in [2.24, 2.45) is 5.92 Å². The number of nitrogens with zero attached hydrogens (tertiary/aromatic N) is 1. The molecule has 17 heavy (non-hydrogen) atoms. The first kappa shape index (κ1) is 10.4. The van der Waals surface area contributed by atoms with Gasteiger partial charge in [0.05, 0.1) is 0 Å². The molecule has 1 heterocycles. The standard InChI is InChI=1S/C14H16N2O/c17-16(10-11-5-6-11)8-7-12-9-15-14-4-2-1-3-13(12)14/h1-4,9-11,15H,5-8H2/b16-10-. The van der Waals surface area contributed by atoms with Crippen LogP contribution in [0.5, 0.6) is 0 Å². The van der Waals surface area contributed by atoms with Gasteiger partial charge in [0.2, 0.25) is 0 Å². The number of rotatable bonds is 4. The summed E-state index contributed by atoms with van der Waals surface area (Å²) in [5.74, 6) is 0.551. The Kier molecular flexibility index (Phi) is 2.59. The van der Waals surface area contributed by atoms with Crippen LogP contribution in [0.4, 0.5) is 0 Å². The second-order valence-corrected chi connectivity index (χ2v) is 4.74. The normalized spacial score (nSPS) is 16.6. The molecule has 0 amide bonds. The topological polar surface area (TPSA) is 41.9 Å². The number of hydroxylamine groups is 1. The van der Waals surface area contributed by atoms with Gasteiger partial charge in [-0.15, -0.1) is 0 Å². The number of benzene rings is 1. The van der Waals surface area contributed by atoms with Gasteiger partial charge in [-0.05, 0) is 24.5 Å². The van der Waals surface area contributed by atoms with Gasteiger partial charge in [-0.25, -0.2) is 4.74 Å². The molecule has 1 aromatic heterocycles. The molecule has 88 valence electrons. The van der Waals surface area contributed by atoms with Crippen LogP contribution in [-0.4, -0.2) is 22.5 Å². The van der Waals surface area contributed by atoms with Crippen molar-refractivity contribution in [1.82, 2.24) is 4.98 Å². The maximum Gasteiger partial charge on any atom is 0.157 e. The average molecular weight is 228 g/mol. The molecule has 1 saturated carbocycles. The highest BCUT2D eigenvalue weighted by atomic mass is 16.5. The first-order valence-corrected chi connectivity index (χ1v) is 6.17. The number of hydrogen-bond acceptors (Lipinski definition) is 1. The summed E-state index contributed by atoms with van der Waals surface area (Å²) in [5.41, 5.74) is 2.37. The Labute approximate surface area is 100 Å². The van der Waals surface area contributed by atoms with Gasteiger partial charge < -0.3 is 10.2 Å². The average Bonchev–Trinajstić information content (AvgIpc) is 3.06. The van der Waals surface area contributed by atoms with Gasteiger partial charge in [-0.3, -0.25) is 0 Å². The van der Waals surface area contributed by atoms with Crippen molar-refractivity contribution in [1.29, 1.82) is 0 Å². The zero-order valence-electron chi connectivity index (χ0n) is 9.73. The molecule has 1 N–H and O–H groups in total. The fourth-order valence-electron chi connectivity index (χ4n) is 2.12. The summed E-state index contributed by atoms with van der Waals surface area (Å²) in [6, 6.07) is 8.21. The Morgan fingerprint density at radius 3 is 3.00 bits per heavy atom. The quantitative estimate of drug-likeness (QED) is 0.372. The van der Waals surface area contributed by atoms with Crippen LogP contribution in [0, 0.1) is 11.1 Å². The maximum absolute atomic E-state index is 11.6. The lowest BCUT2D eigenvalue weighted by Crippen LogP contribution is -2.10. The minimum atomic E-state index is 0.551. The molecule has 1 aliphatic carbocycles. The van der Waals surface area contributed by atoms with Crippen molar-refractivity contribution in [3.63, 3.8) is 0 Å². The van der Waals surface area contributed by atoms with Gasteiger partial charge in [0.15, 0.2) is 12.8 Å². The number of fused-ring (bicyclic) bond motifs is 1. The van der Waals surface area contributed by atoms with Crippen LogP contribution in [0.15, 0.2) is 30.5 Å². The van der Waals surface area contributed by atoms with Gasteiger partial charge in [-0.2, -0.15) is 0 Å². The molecule has 0 aliphatic heterocycles. The summed E-state index contributed by atoms with van der Waals surface area (Å²) < 4.78 is 1.10. The zero-order chi connectivity index (χ0) is 11.7. The second kappa shape index (κ2) is 4.24. The van der Waals surface area contributed by atoms with E-state index in [2.05, 4.69) is 17.1 Å². The third-order valence-corrected chi connectivity index (χ3v) is 3.28. The van der Waals surface area contributed by atoms with Gasteiger partial charge in [0.1, 0.15) is 0 Å². The van der Waals surface area contributed by atoms with Crippen molar-refractivity contribution in [2.75, 3.05) is 6.54 Å². The summed E-state index contributed by atoms with van der Waals surface area (Å²) in [6.45, 7) is 0.554. The van der Waals surface area contributed by atoms with E-state index in [1.54, 1.807) is 0 Å². The molecule has 0 bridgehead atoms. The van der Waals surface area contributed by atoms with E-state index >= 15 is 0 Å². The lowest BCUT2D eigenvalue weighted by atomic mass is 10.1. The lowest BCUT2D eigenvalue weighted by molar-refractivity contribution is -0.453. The van der Waals surface area contributed by atoms with E-state index < -0.39 is 0 Å². The molecule has 3 nitrogen and oxygen atoms in total. The summed E-state index contributed by atoms with van der Waals surface area (Å²) >= 11 is 0. The van der Waals surface area contributed by atoms with Crippen molar-refractivity contribution in [3.05, 3.63) is 41.2 Å². The minimum absolute atomic E-state index is 0.551. The van der Waals surface area contributed by atoms with Gasteiger partial charge in [0, 0.05) is 29.4 Å². The SMILES string of the molecule is [O-]/[N+](=C\C1CC1)CCc1c[nH]c2ccccc12. The molecule has 0 saturated heterocycles. The highest BCUT2D eigenvalue weighted by molar-refractivity contribution is 5.83. The van der Waals surface area contributed by atoms with Crippen molar-refractivity contribution in [3.8, 4) is 0 Å². The van der Waals surface area contributed by atoms with Crippen molar-refractivity contribution in [2.45, 2.75) is 19.3 Å². The largest absolute Gasteiger partial charge is 0.624 e. The number of H-pyrrole nitrogens is 1. The maximum atomic E-state index is 11.6. The van der Waals surface area contributed by atoms with E-state index in [1.165, 1.54) is 23.8 Å². The molecular formula is C14H16N2O. The number of nitrogens with one attached hydrogen (secondary N) is 1. The van der Waals surface area contributed by atoms with Gasteiger partial charge in [0.25, 0.3) is 0 Å². The number of aromatic nitrogens is 1. The monoisotopic (exact) mass is 228 g/mol. The summed E-state index contributed by atoms with van der Waals surface area (Å²) in [6.07, 6.45) is 7.01. The van der Waals surface area contributed by atoms with Crippen LogP contribution >= 0.6 is 0 Å². The Bertz CT molecular complexity index is 552. The van der Waals surface area contributed by atoms with Crippen LogP contribution < -0.4 is 0 Å². The molecular weight excluding hydrogens is 212 g/mol. The molecule has 0 unspecified atom stereocenters. The third-order valence-electron chi connectivity index (χ3n) is 3.28.